The molecule has 6 bridgehead atoms. The second-order valence-electron chi connectivity index (χ2n) is 19.9. The molecule has 7 N–H and O–H groups in total. The molecule has 5 aliphatic heterocycles. The van der Waals surface area contributed by atoms with Gasteiger partial charge in [-0.25, -0.2) is 4.79 Å². The molecule has 0 aliphatic carbocycles. The zero-order valence-electron chi connectivity index (χ0n) is 44.0. The van der Waals surface area contributed by atoms with Gasteiger partial charge in [0.1, 0.15) is 51.0 Å². The Morgan fingerprint density at radius 2 is 1.29 bits per heavy atom. The van der Waals surface area contributed by atoms with Gasteiger partial charge in [0.15, 0.2) is 12.1 Å². The van der Waals surface area contributed by atoms with Crippen molar-refractivity contribution in [3.05, 3.63) is 110 Å². The highest BCUT2D eigenvalue weighted by atomic mass is 16.7. The van der Waals surface area contributed by atoms with Crippen LogP contribution in [0, 0.1) is 17.8 Å². The fourth-order valence-electron chi connectivity index (χ4n) is 9.61. The van der Waals surface area contributed by atoms with Crippen LogP contribution in [0.1, 0.15) is 79.1 Å². The maximum Gasteiger partial charge on any atom is 0.407 e. The fraction of sp³-hybridized carbons (Fsp3) is 0.625. The van der Waals surface area contributed by atoms with Crippen LogP contribution in [0.25, 0.3) is 0 Å². The summed E-state index contributed by atoms with van der Waals surface area (Å²) in [6.07, 6.45) is 13.0. The van der Waals surface area contributed by atoms with Crippen LogP contribution >= 0.6 is 0 Å². The molecule has 0 aromatic heterocycles. The van der Waals surface area contributed by atoms with Gasteiger partial charge in [0.2, 0.25) is 0 Å². The third-order valence-electron chi connectivity index (χ3n) is 14.0. The maximum atomic E-state index is 13.7. The van der Waals surface area contributed by atoms with Crippen LogP contribution in [-0.2, 0) is 57.0 Å². The van der Waals surface area contributed by atoms with Crippen LogP contribution < -0.4 is 5.32 Å². The maximum absolute atomic E-state index is 13.7. The summed E-state index contributed by atoms with van der Waals surface area (Å²) in [5.74, 6) is -5.33. The quantitative estimate of drug-likeness (QED) is 0.101. The van der Waals surface area contributed by atoms with Crippen molar-refractivity contribution in [3.8, 4) is 0 Å². The molecule has 5 heterocycles. The third-order valence-corrected chi connectivity index (χ3v) is 14.0. The van der Waals surface area contributed by atoms with Crippen LogP contribution in [0.2, 0.25) is 0 Å². The largest absolute Gasteiger partial charge is 0.462 e. The van der Waals surface area contributed by atoms with Crippen molar-refractivity contribution in [2.45, 2.75) is 177 Å². The predicted molar refractivity (Wildman–Crippen MR) is 276 cm³/mol. The standard InChI is InChI=1S/C56H81NO19/c1-7-25-67-53(64)48-44(59)32-56(66)31-42-29-45(72-34-71-42)43(58)24-23-39-27-41(70-33-69-39)30-47(60)73-37(5)36(4)50(61)35(3)21-19-17-15-13-11-9-10-12-14-16-18-20-22-40(28-46(48)76-56)75-54-52(63)49(51(62)38(6)74-54)57-55(65)68-26-8-2/h7-22,35-46,48-52,54,58-59,61-63,66H,1-2,23-34H2,3-6H3,(H,57,65)/b10-9+,13-11+,14-12+,17-15+,18-16+,21-19+,22-20+/t35-,36-,37-,38+,39+,40-,41+,42-,43+,44-,45+,46?,48+,49-,50+,51+,52-,54-,56+/m0/s1. The van der Waals surface area contributed by atoms with E-state index in [0.717, 1.165) is 0 Å². The van der Waals surface area contributed by atoms with Gasteiger partial charge >= 0.3 is 18.0 Å². The number of fused-ring (bicyclic) bond motifs is 6. The highest BCUT2D eigenvalue weighted by molar-refractivity contribution is 5.74. The molecule has 0 radical (unpaired) electrons. The molecule has 5 rings (SSSR count). The highest BCUT2D eigenvalue weighted by Crippen LogP contribution is 2.40. The molecule has 1 unspecified atom stereocenters. The Labute approximate surface area is 446 Å². The first-order valence-electron chi connectivity index (χ1n) is 26.2. The van der Waals surface area contributed by atoms with Crippen LogP contribution in [-0.4, -0.2) is 173 Å². The average Bonchev–Trinajstić information content (AvgIpc) is 3.38. The van der Waals surface area contributed by atoms with Crippen LogP contribution in [0.5, 0.6) is 0 Å². The summed E-state index contributed by atoms with van der Waals surface area (Å²) in [5, 5.41) is 71.3. The molecule has 20 nitrogen and oxygen atoms in total. The minimum atomic E-state index is -2.10. The molecular weight excluding hydrogens is 991 g/mol. The number of hydrogen-bond acceptors (Lipinski definition) is 19. The number of allylic oxidation sites excluding steroid dienone is 12. The lowest BCUT2D eigenvalue weighted by atomic mass is 9.82. The number of carbonyl (C=O) groups is 3. The fourth-order valence-corrected chi connectivity index (χ4v) is 9.61. The van der Waals surface area contributed by atoms with Gasteiger partial charge in [-0.05, 0) is 26.7 Å². The monoisotopic (exact) mass is 1070 g/mol. The Hall–Kier alpha value is -4.65. The van der Waals surface area contributed by atoms with Crippen molar-refractivity contribution >= 4 is 18.0 Å². The highest BCUT2D eigenvalue weighted by Gasteiger charge is 2.52. The van der Waals surface area contributed by atoms with Gasteiger partial charge in [-0.1, -0.05) is 124 Å². The van der Waals surface area contributed by atoms with E-state index >= 15 is 0 Å². The lowest BCUT2D eigenvalue weighted by Crippen LogP contribution is -2.64. The minimum absolute atomic E-state index is 0.0188. The Morgan fingerprint density at radius 1 is 0.684 bits per heavy atom. The van der Waals surface area contributed by atoms with E-state index in [0.29, 0.717) is 12.8 Å². The topological polar surface area (TPSA) is 277 Å². The number of aliphatic hydroxyl groups is 6. The van der Waals surface area contributed by atoms with Gasteiger partial charge in [0, 0.05) is 43.9 Å². The summed E-state index contributed by atoms with van der Waals surface area (Å²) >= 11 is 0. The molecule has 0 aromatic carbocycles. The van der Waals surface area contributed by atoms with Gasteiger partial charge in [-0.2, -0.15) is 0 Å². The van der Waals surface area contributed by atoms with Gasteiger partial charge < -0.3 is 83.3 Å². The summed E-state index contributed by atoms with van der Waals surface area (Å²) < 4.78 is 58.2. The number of carbonyl (C=O) groups excluding carboxylic acids is 3. The van der Waals surface area contributed by atoms with Crippen molar-refractivity contribution in [1.82, 2.24) is 5.32 Å². The Bertz CT molecular complexity index is 2060. The zero-order chi connectivity index (χ0) is 55.2. The second kappa shape index (κ2) is 31.7. The molecule has 4 saturated heterocycles. The Kier molecular flexibility index (Phi) is 25.9. The van der Waals surface area contributed by atoms with Gasteiger partial charge in [0.05, 0.1) is 73.5 Å². The molecule has 0 aromatic rings. The molecule has 0 spiro atoms. The van der Waals surface area contributed by atoms with Gasteiger partial charge in [-0.15, -0.1) is 0 Å². The van der Waals surface area contributed by atoms with Gasteiger partial charge in [-0.3, -0.25) is 9.59 Å². The predicted octanol–water partition coefficient (Wildman–Crippen LogP) is 4.35. The van der Waals surface area contributed by atoms with Crippen molar-refractivity contribution in [2.24, 2.45) is 17.8 Å². The van der Waals surface area contributed by atoms with Crippen molar-refractivity contribution < 1.29 is 92.4 Å². The van der Waals surface area contributed by atoms with Crippen molar-refractivity contribution in [1.29, 1.82) is 0 Å². The SMILES string of the molecule is C=CCOC(=O)N[C@@H]1[C@H](O)[C@H](O[C@H]2/C=C/C=C/C=C/C=C/C=C/C=C/C=C/[C@H](C)[C@@H](O)[C@@H](C)[C@H](C)OC(=O)C[C@H]3C[C@@H](CC[C@@H](O)[C@H]4C[C@@H](C[C@]5(O)C[C@H](O)[C@@H](C(=O)OCC=C)C(C2)O5)OCO4)OCO3)O[C@H](C)[C@H]1O. The van der Waals surface area contributed by atoms with Crippen LogP contribution in [0.4, 0.5) is 4.79 Å². The summed E-state index contributed by atoms with van der Waals surface area (Å²) in [4.78, 5) is 39.3. The molecule has 1 amide bonds. The summed E-state index contributed by atoms with van der Waals surface area (Å²) in [7, 11) is 0. The van der Waals surface area contributed by atoms with Crippen LogP contribution in [0.15, 0.2) is 110 Å². The number of nitrogens with one attached hydrogen (secondary N) is 1. The normalized spacial score (nSPS) is 41.7. The van der Waals surface area contributed by atoms with E-state index in [1.165, 1.54) is 19.1 Å². The number of rotatable bonds is 8. The molecule has 0 saturated carbocycles. The molecule has 19 atom stereocenters. The summed E-state index contributed by atoms with van der Waals surface area (Å²) in [6.45, 7) is 13.6. The number of esters is 2. The first-order chi connectivity index (χ1) is 36.4. The second-order valence-corrected chi connectivity index (χ2v) is 19.9. The average molecular weight is 1070 g/mol. The van der Waals surface area contributed by atoms with E-state index in [4.69, 9.17) is 47.4 Å². The first-order valence-corrected chi connectivity index (χ1v) is 26.2. The first kappa shape index (κ1) is 62.2. The van der Waals surface area contributed by atoms with E-state index in [9.17, 15) is 45.0 Å². The van der Waals surface area contributed by atoms with E-state index in [1.807, 2.05) is 62.5 Å². The lowest BCUT2D eigenvalue weighted by molar-refractivity contribution is -0.316. The molecule has 5 aliphatic rings. The lowest BCUT2D eigenvalue weighted by Gasteiger charge is -2.46. The number of ether oxygens (including phenoxy) is 10. The minimum Gasteiger partial charge on any atom is -0.462 e. The molecule has 4 fully saturated rings. The Balaban J connectivity index is 1.41. The third kappa shape index (κ3) is 19.7. The number of hydrogen-bond donors (Lipinski definition) is 7. The molecule has 76 heavy (non-hydrogen) atoms. The number of alkyl carbamates (subject to hydrolysis) is 1. The summed E-state index contributed by atoms with van der Waals surface area (Å²) in [6, 6.07) is -1.31. The zero-order valence-corrected chi connectivity index (χ0v) is 44.0. The molecule has 424 valence electrons. The Morgan fingerprint density at radius 3 is 1.96 bits per heavy atom. The molecular formula is C56H81NO19. The van der Waals surface area contributed by atoms with Crippen molar-refractivity contribution in [2.75, 3.05) is 26.8 Å². The van der Waals surface area contributed by atoms with Gasteiger partial charge in [0.25, 0.3) is 0 Å². The van der Waals surface area contributed by atoms with Crippen LogP contribution in [0.3, 0.4) is 0 Å². The smallest absolute Gasteiger partial charge is 0.407 e. The summed E-state index contributed by atoms with van der Waals surface area (Å²) in [5.41, 5.74) is 0. The van der Waals surface area contributed by atoms with E-state index in [2.05, 4.69) is 18.5 Å². The van der Waals surface area contributed by atoms with E-state index in [1.54, 1.807) is 43.4 Å². The number of amides is 1. The van der Waals surface area contributed by atoms with Crippen molar-refractivity contribution in [3.63, 3.8) is 0 Å². The number of cyclic esters (lactones) is 1. The van der Waals surface area contributed by atoms with E-state index < -0.39 is 122 Å². The van der Waals surface area contributed by atoms with E-state index in [-0.39, 0.29) is 76.8 Å². The molecule has 20 heteroatoms. The number of aliphatic hydroxyl groups excluding tert-OH is 5.